The van der Waals surface area contributed by atoms with E-state index in [-0.39, 0.29) is 86.3 Å². The average molecular weight is 920 g/mol. The Morgan fingerprint density at radius 3 is 0.942 bits per heavy atom. The molecule has 0 aromatic heterocycles. The molecule has 0 aliphatic rings. The number of unbranched alkanes of at least 4 members (excludes halogenated alkanes) is 5. The lowest BCUT2D eigenvalue weighted by Crippen LogP contribution is -2.31. The largest absolute Gasteiger partial charge is 0.331 e. The molecule has 52 heavy (non-hydrogen) atoms. The third-order valence-corrected chi connectivity index (χ3v) is 11.2. The highest BCUT2D eigenvalue weighted by Crippen LogP contribution is 2.49. The molecule has 0 saturated heterocycles. The minimum Gasteiger partial charge on any atom is -0.330 e. The molecule has 0 fully saturated rings. The molecule has 0 aliphatic heterocycles. The topological polar surface area (TPSA) is 182 Å². The molecule has 326 valence electrons. The molecule has 2 unspecified atom stereocenters. The van der Waals surface area contributed by atoms with Gasteiger partial charge in [0.15, 0.2) is 0 Å². The minimum atomic E-state index is -3.19. The van der Waals surface area contributed by atoms with Crippen molar-refractivity contribution in [1.82, 2.24) is 9.80 Å². The van der Waals surface area contributed by atoms with Crippen LogP contribution < -0.4 is 22.9 Å². The lowest BCUT2D eigenvalue weighted by molar-refractivity contribution is 0.177. The predicted octanol–water partition coefficient (Wildman–Crippen LogP) is 7.62. The van der Waals surface area contributed by atoms with Gasteiger partial charge in [-0.25, -0.2) is 0 Å². The van der Waals surface area contributed by atoms with E-state index < -0.39 is 15.2 Å². The van der Waals surface area contributed by atoms with Gasteiger partial charge in [0.25, 0.3) is 0 Å². The van der Waals surface area contributed by atoms with Gasteiger partial charge in [-0.3, -0.25) is 9.13 Å². The van der Waals surface area contributed by atoms with Crippen LogP contribution >= 0.6 is 89.6 Å². The van der Waals surface area contributed by atoms with Gasteiger partial charge in [0.2, 0.25) is 0 Å². The summed E-state index contributed by atoms with van der Waals surface area (Å²) >= 11 is 0. The zero-order valence-electron chi connectivity index (χ0n) is 32.5. The van der Waals surface area contributed by atoms with Gasteiger partial charge >= 0.3 is 15.2 Å². The standard InChI is InChI=1S/C32H74N6O6P2.6ClH/c1-31(2)29-43-45(39,27-23-37(19-11-15-33)20-12-16-34)41-25-9-7-5-6-8-10-26-42-46(40,44-30-32(3)4)28-24-38(21-13-17-35)22-14-18-36;;;;;;/h31-32H,5-30,33-36H2,1-4H3;6*1H. The van der Waals surface area contributed by atoms with E-state index in [9.17, 15) is 9.13 Å². The van der Waals surface area contributed by atoms with Gasteiger partial charge in [0, 0.05) is 13.1 Å². The molecule has 0 heterocycles. The van der Waals surface area contributed by atoms with Crippen molar-refractivity contribution in [2.24, 2.45) is 34.8 Å². The van der Waals surface area contributed by atoms with E-state index in [2.05, 4.69) is 9.80 Å². The average Bonchev–Trinajstić information content (AvgIpc) is 3.03. The van der Waals surface area contributed by atoms with E-state index in [1.807, 2.05) is 27.7 Å². The van der Waals surface area contributed by atoms with Gasteiger partial charge in [-0.2, -0.15) is 0 Å². The summed E-state index contributed by atoms with van der Waals surface area (Å²) in [6.07, 6.45) is 10.1. The molecule has 20 heteroatoms. The molecule has 0 aromatic rings. The van der Waals surface area contributed by atoms with Crippen molar-refractivity contribution in [3.8, 4) is 0 Å². The predicted molar refractivity (Wildman–Crippen MR) is 237 cm³/mol. The maximum absolute atomic E-state index is 13.5. The maximum Gasteiger partial charge on any atom is 0.331 e. The summed E-state index contributed by atoms with van der Waals surface area (Å²) in [4.78, 5) is 4.52. The van der Waals surface area contributed by atoms with Crippen LogP contribution in [0.2, 0.25) is 0 Å². The highest BCUT2D eigenvalue weighted by atomic mass is 35.5. The van der Waals surface area contributed by atoms with Crippen molar-refractivity contribution in [2.45, 2.75) is 91.9 Å². The number of nitrogens with two attached hydrogens (primary N) is 4. The van der Waals surface area contributed by atoms with Crippen molar-refractivity contribution < 1.29 is 27.2 Å². The van der Waals surface area contributed by atoms with Crippen LogP contribution in [0.1, 0.15) is 91.9 Å². The van der Waals surface area contributed by atoms with Crippen LogP contribution in [-0.4, -0.2) is 114 Å². The number of hydrogen-bond donors (Lipinski definition) is 4. The van der Waals surface area contributed by atoms with Gasteiger partial charge in [-0.15, -0.1) is 74.4 Å². The van der Waals surface area contributed by atoms with E-state index in [0.717, 1.165) is 90.4 Å². The summed E-state index contributed by atoms with van der Waals surface area (Å²) in [5.74, 6) is 0.555. The van der Waals surface area contributed by atoms with Gasteiger partial charge in [-0.1, -0.05) is 53.4 Å². The van der Waals surface area contributed by atoms with Crippen molar-refractivity contribution in [3.05, 3.63) is 0 Å². The Hall–Kier alpha value is 1.80. The van der Waals surface area contributed by atoms with Crippen LogP contribution in [0.25, 0.3) is 0 Å². The van der Waals surface area contributed by atoms with E-state index >= 15 is 0 Å². The summed E-state index contributed by atoms with van der Waals surface area (Å²) in [5, 5.41) is 0. The van der Waals surface area contributed by atoms with Crippen LogP contribution in [0.15, 0.2) is 0 Å². The van der Waals surface area contributed by atoms with Crippen molar-refractivity contribution >= 4 is 89.6 Å². The second kappa shape index (κ2) is 45.5. The lowest BCUT2D eigenvalue weighted by Gasteiger charge is -2.25. The highest BCUT2D eigenvalue weighted by Gasteiger charge is 2.27. The molecule has 0 spiro atoms. The molecule has 0 amide bonds. The molecule has 8 N–H and O–H groups in total. The fraction of sp³-hybridized carbons (Fsp3) is 1.00. The first kappa shape index (κ1) is 68.5. The van der Waals surface area contributed by atoms with Gasteiger partial charge < -0.3 is 50.8 Å². The van der Waals surface area contributed by atoms with Gasteiger partial charge in [-0.05, 0) is 103 Å². The Labute approximate surface area is 355 Å². The second-order valence-corrected chi connectivity index (χ2v) is 17.5. The summed E-state index contributed by atoms with van der Waals surface area (Å²) in [6.45, 7) is 17.1. The molecule has 0 radical (unpaired) electrons. The van der Waals surface area contributed by atoms with Gasteiger partial charge in [0.1, 0.15) is 0 Å². The molecule has 0 bridgehead atoms. The summed E-state index contributed by atoms with van der Waals surface area (Å²) in [5.41, 5.74) is 22.8. The Morgan fingerprint density at radius 2 is 0.692 bits per heavy atom. The zero-order valence-corrected chi connectivity index (χ0v) is 39.2. The number of halogens is 6. The lowest BCUT2D eigenvalue weighted by atomic mass is 10.1. The van der Waals surface area contributed by atoms with Crippen molar-refractivity contribution in [3.63, 3.8) is 0 Å². The second-order valence-electron chi connectivity index (χ2n) is 13.1. The molecule has 2 atom stereocenters. The molecule has 0 rings (SSSR count). The maximum atomic E-state index is 13.5. The zero-order chi connectivity index (χ0) is 34.5. The molecule has 0 aliphatic carbocycles. The number of nitrogens with zero attached hydrogens (tertiary/aromatic N) is 2. The summed E-state index contributed by atoms with van der Waals surface area (Å²) in [7, 11) is -6.37. The smallest absolute Gasteiger partial charge is 0.330 e. The van der Waals surface area contributed by atoms with Crippen LogP contribution in [-0.2, 0) is 27.2 Å². The molecular formula is C32H80Cl6N6O6P2. The van der Waals surface area contributed by atoms with Crippen LogP contribution in [0.4, 0.5) is 0 Å². The van der Waals surface area contributed by atoms with Crippen LogP contribution in [0.3, 0.4) is 0 Å². The molecule has 0 saturated carbocycles. The Kier molecular flexibility index (Phi) is 59.9. The summed E-state index contributed by atoms with van der Waals surface area (Å²) in [6, 6.07) is 0. The van der Waals surface area contributed by atoms with E-state index in [0.29, 0.717) is 78.0 Å². The molecule has 0 aromatic carbocycles. The van der Waals surface area contributed by atoms with Crippen LogP contribution in [0, 0.1) is 11.8 Å². The van der Waals surface area contributed by atoms with Crippen LogP contribution in [0.5, 0.6) is 0 Å². The fourth-order valence-corrected chi connectivity index (χ4v) is 8.22. The quantitative estimate of drug-likeness (QED) is 0.0361. The third kappa shape index (κ3) is 41.4. The van der Waals surface area contributed by atoms with E-state index in [1.165, 1.54) is 0 Å². The first-order chi connectivity index (χ1) is 22.0. The van der Waals surface area contributed by atoms with Gasteiger partial charge in [0.05, 0.1) is 38.8 Å². The fourth-order valence-electron chi connectivity index (χ4n) is 4.63. The number of rotatable bonds is 35. The Bertz CT molecular complexity index is 732. The van der Waals surface area contributed by atoms with Crippen molar-refractivity contribution in [2.75, 3.05) is 104 Å². The first-order valence-corrected chi connectivity index (χ1v) is 21.5. The first-order valence-electron chi connectivity index (χ1n) is 18.0. The highest BCUT2D eigenvalue weighted by molar-refractivity contribution is 7.54. The SMILES string of the molecule is CC(C)COP(=O)(CCN(CCCN)CCCN)OCCCCCCCCOP(=O)(CCN(CCCN)CCCN)OCC(C)C.Cl.Cl.Cl.Cl.Cl.Cl. The van der Waals surface area contributed by atoms with Crippen molar-refractivity contribution in [1.29, 1.82) is 0 Å². The molecule has 12 nitrogen and oxygen atoms in total. The van der Waals surface area contributed by atoms with E-state index in [4.69, 9.17) is 41.0 Å². The third-order valence-electron chi connectivity index (χ3n) is 7.42. The van der Waals surface area contributed by atoms with E-state index in [1.54, 1.807) is 0 Å². The Morgan fingerprint density at radius 1 is 0.423 bits per heavy atom. The summed E-state index contributed by atoms with van der Waals surface area (Å²) < 4.78 is 50.6. The minimum absolute atomic E-state index is 0. The monoisotopic (exact) mass is 916 g/mol. The molecular weight excluding hydrogens is 839 g/mol. The normalized spacial score (nSPS) is 13.2. The number of hydrogen-bond acceptors (Lipinski definition) is 12. The Balaban J connectivity index is -0.000000675.